The predicted molar refractivity (Wildman–Crippen MR) is 94.7 cm³/mol. The van der Waals surface area contributed by atoms with E-state index in [0.29, 0.717) is 19.5 Å². The summed E-state index contributed by atoms with van der Waals surface area (Å²) in [6.07, 6.45) is 3.84. The third kappa shape index (κ3) is 4.60. The quantitative estimate of drug-likeness (QED) is 0.846. The van der Waals surface area contributed by atoms with E-state index >= 15 is 0 Å². The number of amides is 2. The van der Waals surface area contributed by atoms with Crippen LogP contribution in [0, 0.1) is 17.7 Å². The molecular formula is C18H20F2N2O3S. The molecular weight excluding hydrogens is 362 g/mol. The number of nitrogens with zero attached hydrogens (tertiary/aromatic N) is 1. The number of nitrogens with one attached hydrogen (secondary N) is 1. The summed E-state index contributed by atoms with van der Waals surface area (Å²) in [6.45, 7) is 1.36. The molecule has 2 aliphatic rings. The summed E-state index contributed by atoms with van der Waals surface area (Å²) < 4.78 is 26.1. The molecule has 1 saturated carbocycles. The van der Waals surface area contributed by atoms with E-state index in [1.165, 1.54) is 6.07 Å². The maximum absolute atomic E-state index is 13.8. The standard InChI is InChI=1S/C18H20F2N2O3S/c19-15-10-13(3-4-14(15)18(25)26-20)21-16(23)9-11-5-7-22(8-6-11)17(24)12-1-2-12/h3-4,10-12H,1-2,5-9H2,(H,21,23). The molecule has 5 nitrogen and oxygen atoms in total. The van der Waals surface area contributed by atoms with Gasteiger partial charge < -0.3 is 10.2 Å². The highest BCUT2D eigenvalue weighted by molar-refractivity contribution is 8.09. The van der Waals surface area contributed by atoms with Gasteiger partial charge in [0.2, 0.25) is 11.8 Å². The van der Waals surface area contributed by atoms with Gasteiger partial charge in [0.05, 0.1) is 5.56 Å². The van der Waals surface area contributed by atoms with Crippen LogP contribution in [0.5, 0.6) is 0 Å². The van der Waals surface area contributed by atoms with Crippen molar-refractivity contribution in [1.29, 1.82) is 0 Å². The van der Waals surface area contributed by atoms with Crippen LogP contribution < -0.4 is 5.32 Å². The lowest BCUT2D eigenvalue weighted by atomic mass is 9.93. The van der Waals surface area contributed by atoms with Crippen LogP contribution in [0.4, 0.5) is 14.0 Å². The van der Waals surface area contributed by atoms with Crippen LogP contribution in [-0.4, -0.2) is 34.9 Å². The molecule has 3 rings (SSSR count). The minimum Gasteiger partial charge on any atom is -0.342 e. The zero-order valence-electron chi connectivity index (χ0n) is 14.2. The SMILES string of the molecule is O=C(CC1CCN(C(=O)C2CC2)CC1)Nc1ccc(C(=O)SF)c(F)c1. The van der Waals surface area contributed by atoms with Gasteiger partial charge in [0.25, 0.3) is 5.12 Å². The van der Waals surface area contributed by atoms with Crippen molar-refractivity contribution in [2.75, 3.05) is 18.4 Å². The number of likely N-dealkylation sites (tertiary alicyclic amines) is 1. The van der Waals surface area contributed by atoms with Crippen molar-refractivity contribution >= 4 is 34.8 Å². The Morgan fingerprint density at radius 1 is 1.15 bits per heavy atom. The van der Waals surface area contributed by atoms with Gasteiger partial charge in [0.15, 0.2) is 0 Å². The highest BCUT2D eigenvalue weighted by Crippen LogP contribution is 2.33. The van der Waals surface area contributed by atoms with Gasteiger partial charge in [-0.3, -0.25) is 14.4 Å². The average molecular weight is 382 g/mol. The lowest BCUT2D eigenvalue weighted by Gasteiger charge is -2.31. The molecule has 1 aromatic rings. The molecule has 0 radical (unpaired) electrons. The van der Waals surface area contributed by atoms with Gasteiger partial charge in [-0.25, -0.2) is 4.39 Å². The Bertz CT molecular complexity index is 716. The summed E-state index contributed by atoms with van der Waals surface area (Å²) in [4.78, 5) is 37.2. The number of hydrogen-bond acceptors (Lipinski definition) is 4. The molecule has 26 heavy (non-hydrogen) atoms. The zero-order valence-corrected chi connectivity index (χ0v) is 15.0. The van der Waals surface area contributed by atoms with E-state index in [1.54, 1.807) is 0 Å². The first-order chi connectivity index (χ1) is 12.5. The molecule has 1 N–H and O–H groups in total. The van der Waals surface area contributed by atoms with Crippen LogP contribution in [0.15, 0.2) is 18.2 Å². The van der Waals surface area contributed by atoms with E-state index < -0.39 is 23.1 Å². The maximum Gasteiger partial charge on any atom is 0.254 e. The Balaban J connectivity index is 1.48. The van der Waals surface area contributed by atoms with Crippen molar-refractivity contribution < 1.29 is 22.7 Å². The number of halogens is 2. The van der Waals surface area contributed by atoms with E-state index in [1.807, 2.05) is 4.90 Å². The largest absolute Gasteiger partial charge is 0.342 e. The van der Waals surface area contributed by atoms with Gasteiger partial charge in [-0.2, -0.15) is 3.89 Å². The van der Waals surface area contributed by atoms with Crippen molar-refractivity contribution in [3.8, 4) is 0 Å². The van der Waals surface area contributed by atoms with Crippen molar-refractivity contribution in [2.24, 2.45) is 11.8 Å². The molecule has 1 saturated heterocycles. The first kappa shape index (κ1) is 18.8. The smallest absolute Gasteiger partial charge is 0.254 e. The summed E-state index contributed by atoms with van der Waals surface area (Å²) in [7, 11) is 0. The Kier molecular flexibility index (Phi) is 5.90. The van der Waals surface area contributed by atoms with Gasteiger partial charge in [-0.1, -0.05) is 0 Å². The van der Waals surface area contributed by atoms with E-state index in [2.05, 4.69) is 5.32 Å². The summed E-state index contributed by atoms with van der Waals surface area (Å²) in [5.74, 6) is -0.466. The first-order valence-electron chi connectivity index (χ1n) is 8.69. The fourth-order valence-electron chi connectivity index (χ4n) is 3.22. The average Bonchev–Trinajstić information content (AvgIpc) is 3.46. The molecule has 0 bridgehead atoms. The van der Waals surface area contributed by atoms with E-state index in [-0.39, 0.29) is 34.9 Å². The number of rotatable bonds is 5. The van der Waals surface area contributed by atoms with E-state index in [0.717, 1.165) is 37.8 Å². The predicted octanol–water partition coefficient (Wildman–Crippen LogP) is 3.56. The van der Waals surface area contributed by atoms with Crippen molar-refractivity contribution in [3.63, 3.8) is 0 Å². The number of piperidine rings is 1. The Morgan fingerprint density at radius 2 is 1.85 bits per heavy atom. The molecule has 8 heteroatoms. The lowest BCUT2D eigenvalue weighted by Crippen LogP contribution is -2.40. The Hall–Kier alpha value is -1.96. The topological polar surface area (TPSA) is 66.5 Å². The van der Waals surface area contributed by atoms with Gasteiger partial charge in [0, 0.05) is 31.1 Å². The summed E-state index contributed by atoms with van der Waals surface area (Å²) >= 11 is -0.551. The molecule has 2 fully saturated rings. The molecule has 1 aromatic carbocycles. The fraction of sp³-hybridized carbons (Fsp3) is 0.500. The molecule has 0 unspecified atom stereocenters. The summed E-state index contributed by atoms with van der Waals surface area (Å²) in [6, 6.07) is 3.54. The normalized spacial score (nSPS) is 17.8. The number of benzene rings is 1. The molecule has 0 spiro atoms. The number of hydrogen-bond donors (Lipinski definition) is 1. The maximum atomic E-state index is 13.8. The van der Waals surface area contributed by atoms with Gasteiger partial charge in [0.1, 0.15) is 18.0 Å². The minimum atomic E-state index is -1.01. The third-order valence-corrected chi connectivity index (χ3v) is 5.23. The molecule has 1 aliphatic heterocycles. The Labute approximate surface area is 154 Å². The number of carbonyl (C=O) groups excluding carboxylic acids is 3. The molecule has 0 atom stereocenters. The monoisotopic (exact) mass is 382 g/mol. The van der Waals surface area contributed by atoms with E-state index in [9.17, 15) is 22.7 Å². The highest BCUT2D eigenvalue weighted by atomic mass is 32.2. The summed E-state index contributed by atoms with van der Waals surface area (Å²) in [5, 5.41) is 1.60. The fourth-order valence-corrected chi connectivity index (χ4v) is 3.47. The van der Waals surface area contributed by atoms with Gasteiger partial charge in [-0.15, -0.1) is 0 Å². The van der Waals surface area contributed by atoms with Crippen molar-refractivity contribution in [1.82, 2.24) is 4.90 Å². The zero-order chi connectivity index (χ0) is 18.7. The van der Waals surface area contributed by atoms with Crippen LogP contribution in [0.2, 0.25) is 0 Å². The first-order valence-corrected chi connectivity index (χ1v) is 9.40. The molecule has 0 aromatic heterocycles. The van der Waals surface area contributed by atoms with Crippen LogP contribution in [-0.2, 0) is 9.59 Å². The van der Waals surface area contributed by atoms with Crippen LogP contribution in [0.25, 0.3) is 0 Å². The van der Waals surface area contributed by atoms with Gasteiger partial charge in [-0.05, 0) is 49.8 Å². The minimum absolute atomic E-state index is 0.187. The van der Waals surface area contributed by atoms with Crippen LogP contribution >= 0.6 is 12.1 Å². The van der Waals surface area contributed by atoms with E-state index in [4.69, 9.17) is 0 Å². The second-order valence-corrected chi connectivity index (χ2v) is 7.38. The van der Waals surface area contributed by atoms with Crippen LogP contribution in [0.3, 0.4) is 0 Å². The highest BCUT2D eigenvalue weighted by Gasteiger charge is 2.35. The number of carbonyl (C=O) groups is 3. The second-order valence-electron chi connectivity index (χ2n) is 6.85. The molecule has 140 valence electrons. The lowest BCUT2D eigenvalue weighted by molar-refractivity contribution is -0.134. The molecule has 1 heterocycles. The molecule has 1 aliphatic carbocycles. The van der Waals surface area contributed by atoms with Crippen LogP contribution in [0.1, 0.15) is 42.5 Å². The third-order valence-electron chi connectivity index (χ3n) is 4.87. The summed E-state index contributed by atoms with van der Waals surface area (Å²) in [5.41, 5.74) is -0.127. The Morgan fingerprint density at radius 3 is 2.42 bits per heavy atom. The number of anilines is 1. The van der Waals surface area contributed by atoms with Gasteiger partial charge >= 0.3 is 0 Å². The molecule has 2 amide bonds. The van der Waals surface area contributed by atoms with Crippen molar-refractivity contribution in [3.05, 3.63) is 29.6 Å². The second kappa shape index (κ2) is 8.16. The van der Waals surface area contributed by atoms with Crippen molar-refractivity contribution in [2.45, 2.75) is 32.1 Å².